The summed E-state index contributed by atoms with van der Waals surface area (Å²) in [6.07, 6.45) is 2.63. The average molecular weight is 327 g/mol. The maximum absolute atomic E-state index is 12.0. The van der Waals surface area contributed by atoms with Crippen molar-refractivity contribution in [3.05, 3.63) is 47.7 Å². The highest BCUT2D eigenvalue weighted by atomic mass is 16.5. The van der Waals surface area contributed by atoms with Gasteiger partial charge in [-0.05, 0) is 37.1 Å². The fourth-order valence-corrected chi connectivity index (χ4v) is 2.61. The van der Waals surface area contributed by atoms with Crippen LogP contribution in [0.4, 0.5) is 0 Å². The summed E-state index contributed by atoms with van der Waals surface area (Å²) in [5.41, 5.74) is 1.10. The molecule has 0 N–H and O–H groups in total. The van der Waals surface area contributed by atoms with Gasteiger partial charge in [0.1, 0.15) is 5.76 Å². The van der Waals surface area contributed by atoms with Gasteiger partial charge in [0.15, 0.2) is 18.7 Å². The lowest BCUT2D eigenvalue weighted by atomic mass is 10.1. The zero-order valence-corrected chi connectivity index (χ0v) is 13.1. The topological polar surface area (TPSA) is 76.8 Å². The number of aldehydes is 1. The monoisotopic (exact) mass is 327 g/mol. The van der Waals surface area contributed by atoms with E-state index in [1.165, 1.54) is 0 Å². The molecule has 1 aliphatic rings. The van der Waals surface area contributed by atoms with Crippen LogP contribution in [0.3, 0.4) is 0 Å². The lowest BCUT2D eigenvalue weighted by molar-refractivity contribution is -0.133. The van der Waals surface area contributed by atoms with Gasteiger partial charge in [0.2, 0.25) is 0 Å². The quantitative estimate of drug-likeness (QED) is 0.623. The normalized spacial score (nSPS) is 13.8. The van der Waals surface area contributed by atoms with E-state index in [1.807, 2.05) is 0 Å². The van der Waals surface area contributed by atoms with Crippen molar-refractivity contribution in [3.63, 3.8) is 0 Å². The largest absolute Gasteiger partial charge is 0.453 e. The number of furan rings is 1. The highest BCUT2D eigenvalue weighted by molar-refractivity contribution is 5.91. The minimum absolute atomic E-state index is 0.158. The number of hydrogen-bond acceptors (Lipinski definition) is 5. The van der Waals surface area contributed by atoms with E-state index in [2.05, 4.69) is 0 Å². The molecule has 2 aromatic rings. The second-order valence-corrected chi connectivity index (χ2v) is 5.56. The molecule has 24 heavy (non-hydrogen) atoms. The predicted molar refractivity (Wildman–Crippen MR) is 85.6 cm³/mol. The second kappa shape index (κ2) is 7.12. The van der Waals surface area contributed by atoms with Crippen molar-refractivity contribution in [2.45, 2.75) is 12.8 Å². The minimum Gasteiger partial charge on any atom is -0.453 e. The third-order valence-electron chi connectivity index (χ3n) is 3.93. The van der Waals surface area contributed by atoms with Gasteiger partial charge >= 0.3 is 5.97 Å². The number of esters is 1. The van der Waals surface area contributed by atoms with Gasteiger partial charge in [-0.3, -0.25) is 9.59 Å². The van der Waals surface area contributed by atoms with Crippen LogP contribution in [0.2, 0.25) is 0 Å². The number of carbonyl (C=O) groups is 3. The summed E-state index contributed by atoms with van der Waals surface area (Å²) < 4.78 is 10.4. The Morgan fingerprint density at radius 1 is 1.08 bits per heavy atom. The minimum atomic E-state index is -0.540. The van der Waals surface area contributed by atoms with Gasteiger partial charge in [0, 0.05) is 18.7 Å². The summed E-state index contributed by atoms with van der Waals surface area (Å²) in [4.78, 5) is 36.2. The van der Waals surface area contributed by atoms with Crippen molar-refractivity contribution in [1.29, 1.82) is 0 Å². The summed E-state index contributed by atoms with van der Waals surface area (Å²) in [6, 6.07) is 9.86. The van der Waals surface area contributed by atoms with Crippen molar-refractivity contribution < 1.29 is 23.5 Å². The van der Waals surface area contributed by atoms with Gasteiger partial charge in [-0.1, -0.05) is 12.1 Å². The standard InChI is InChI=1S/C18H17NO5/c20-11-15-7-8-16(24-15)13-3-5-14(6-4-13)18(22)23-12-17(21)19-9-1-2-10-19/h3-8,11H,1-2,9-10,12H2. The first-order valence-corrected chi connectivity index (χ1v) is 7.78. The Kier molecular flexibility index (Phi) is 4.74. The fourth-order valence-electron chi connectivity index (χ4n) is 2.61. The van der Waals surface area contributed by atoms with Gasteiger partial charge in [-0.2, -0.15) is 0 Å². The summed E-state index contributed by atoms with van der Waals surface area (Å²) >= 11 is 0. The molecule has 1 fully saturated rings. The van der Waals surface area contributed by atoms with Crippen molar-refractivity contribution in [2.24, 2.45) is 0 Å². The molecule has 1 amide bonds. The molecule has 0 atom stereocenters. The maximum atomic E-state index is 12.0. The molecule has 0 radical (unpaired) electrons. The molecule has 0 bridgehead atoms. The Balaban J connectivity index is 1.59. The summed E-state index contributed by atoms with van der Waals surface area (Å²) in [6.45, 7) is 1.23. The molecule has 1 aromatic carbocycles. The van der Waals surface area contributed by atoms with Crippen LogP contribution in [0.15, 0.2) is 40.8 Å². The Labute approximate surface area is 139 Å². The van der Waals surface area contributed by atoms with E-state index >= 15 is 0 Å². The molecule has 0 aliphatic carbocycles. The van der Waals surface area contributed by atoms with Crippen LogP contribution in [0.25, 0.3) is 11.3 Å². The second-order valence-electron chi connectivity index (χ2n) is 5.56. The third kappa shape index (κ3) is 3.53. The zero-order valence-electron chi connectivity index (χ0n) is 13.1. The number of likely N-dealkylation sites (tertiary alicyclic amines) is 1. The first-order valence-electron chi connectivity index (χ1n) is 7.78. The van der Waals surface area contributed by atoms with Crippen molar-refractivity contribution >= 4 is 18.2 Å². The Morgan fingerprint density at radius 3 is 2.42 bits per heavy atom. The van der Waals surface area contributed by atoms with E-state index in [1.54, 1.807) is 41.3 Å². The summed E-state index contributed by atoms with van der Waals surface area (Å²) in [5.74, 6) is 0.0895. The van der Waals surface area contributed by atoms with Crippen molar-refractivity contribution in [3.8, 4) is 11.3 Å². The first kappa shape index (κ1) is 16.0. The molecule has 1 aromatic heterocycles. The number of nitrogens with zero attached hydrogens (tertiary/aromatic N) is 1. The molecule has 6 heteroatoms. The van der Waals surface area contributed by atoms with Gasteiger partial charge in [0.25, 0.3) is 5.91 Å². The third-order valence-corrected chi connectivity index (χ3v) is 3.93. The Hall–Kier alpha value is -2.89. The van der Waals surface area contributed by atoms with E-state index in [0.717, 1.165) is 31.5 Å². The molecule has 0 saturated carbocycles. The van der Waals surface area contributed by atoms with Crippen LogP contribution in [0.1, 0.15) is 33.8 Å². The molecule has 0 unspecified atom stereocenters. The number of benzene rings is 1. The van der Waals surface area contributed by atoms with E-state index in [0.29, 0.717) is 17.6 Å². The lowest BCUT2D eigenvalue weighted by Crippen LogP contribution is -2.32. The molecule has 124 valence electrons. The number of hydrogen-bond donors (Lipinski definition) is 0. The van der Waals surface area contributed by atoms with Crippen LogP contribution < -0.4 is 0 Å². The Morgan fingerprint density at radius 2 is 1.79 bits per heavy atom. The lowest BCUT2D eigenvalue weighted by Gasteiger charge is -2.14. The van der Waals surface area contributed by atoms with E-state index in [4.69, 9.17) is 9.15 Å². The Bertz CT molecular complexity index is 741. The predicted octanol–water partition coefficient (Wildman–Crippen LogP) is 2.54. The van der Waals surface area contributed by atoms with Crippen LogP contribution in [-0.2, 0) is 9.53 Å². The van der Waals surface area contributed by atoms with E-state index in [-0.39, 0.29) is 18.3 Å². The molecule has 6 nitrogen and oxygen atoms in total. The number of amides is 1. The number of carbonyl (C=O) groups excluding carboxylic acids is 3. The SMILES string of the molecule is O=Cc1ccc(-c2ccc(C(=O)OCC(=O)N3CCCC3)cc2)o1. The van der Waals surface area contributed by atoms with E-state index in [9.17, 15) is 14.4 Å². The van der Waals surface area contributed by atoms with Crippen molar-refractivity contribution in [2.75, 3.05) is 19.7 Å². The molecule has 2 heterocycles. The number of rotatable bonds is 5. The molecule has 1 aliphatic heterocycles. The molecular weight excluding hydrogens is 310 g/mol. The molecular formula is C18H17NO5. The van der Waals surface area contributed by atoms with Crippen LogP contribution in [-0.4, -0.2) is 42.8 Å². The van der Waals surface area contributed by atoms with Gasteiger partial charge in [-0.25, -0.2) is 4.79 Å². The van der Waals surface area contributed by atoms with Crippen LogP contribution >= 0.6 is 0 Å². The van der Waals surface area contributed by atoms with Crippen LogP contribution in [0, 0.1) is 0 Å². The summed E-state index contributed by atoms with van der Waals surface area (Å²) in [7, 11) is 0. The van der Waals surface area contributed by atoms with Crippen LogP contribution in [0.5, 0.6) is 0 Å². The highest BCUT2D eigenvalue weighted by Crippen LogP contribution is 2.22. The van der Waals surface area contributed by atoms with Gasteiger partial charge in [-0.15, -0.1) is 0 Å². The first-order chi connectivity index (χ1) is 11.7. The smallest absolute Gasteiger partial charge is 0.338 e. The number of ether oxygens (including phenoxy) is 1. The molecule has 3 rings (SSSR count). The highest BCUT2D eigenvalue weighted by Gasteiger charge is 2.19. The fraction of sp³-hybridized carbons (Fsp3) is 0.278. The van der Waals surface area contributed by atoms with Gasteiger partial charge < -0.3 is 14.1 Å². The van der Waals surface area contributed by atoms with Crippen molar-refractivity contribution in [1.82, 2.24) is 4.90 Å². The molecule has 1 saturated heterocycles. The average Bonchev–Trinajstić information content (AvgIpc) is 3.30. The van der Waals surface area contributed by atoms with Gasteiger partial charge in [0.05, 0.1) is 5.56 Å². The zero-order chi connectivity index (χ0) is 16.9. The molecule has 0 spiro atoms. The van der Waals surface area contributed by atoms with E-state index < -0.39 is 5.97 Å². The summed E-state index contributed by atoms with van der Waals surface area (Å²) in [5, 5.41) is 0. The maximum Gasteiger partial charge on any atom is 0.338 e.